The lowest BCUT2D eigenvalue weighted by Gasteiger charge is -2.42. The van der Waals surface area contributed by atoms with Crippen LogP contribution in [0, 0.1) is 11.8 Å². The molecule has 2 aromatic rings. The molecule has 2 aliphatic rings. The minimum atomic E-state index is -4.12. The summed E-state index contributed by atoms with van der Waals surface area (Å²) in [5.41, 5.74) is 4.46. The van der Waals surface area contributed by atoms with Crippen molar-refractivity contribution in [3.8, 4) is 0 Å². The Balaban J connectivity index is 1.47. The van der Waals surface area contributed by atoms with Crippen LogP contribution < -0.4 is 10.6 Å². The zero-order valence-corrected chi connectivity index (χ0v) is 20.5. The van der Waals surface area contributed by atoms with E-state index in [9.17, 15) is 28.2 Å². The van der Waals surface area contributed by atoms with Gasteiger partial charge in [0.05, 0.1) is 30.5 Å². The summed E-state index contributed by atoms with van der Waals surface area (Å²) in [6.07, 6.45) is -0.268. The van der Waals surface area contributed by atoms with Gasteiger partial charge in [-0.05, 0) is 51.0 Å². The fraction of sp³-hybridized carbons (Fsp3) is 0.708. The largest absolute Gasteiger partial charge is 0.391 e. The second kappa shape index (κ2) is 10.5. The fourth-order valence-electron chi connectivity index (χ4n) is 5.59. The van der Waals surface area contributed by atoms with Crippen molar-refractivity contribution < 1.29 is 28.2 Å². The number of hydrogen-bond acceptors (Lipinski definition) is 7. The highest BCUT2D eigenvalue weighted by molar-refractivity contribution is 5.87. The number of anilines is 1. The van der Waals surface area contributed by atoms with Crippen LogP contribution in [0.5, 0.6) is 0 Å². The van der Waals surface area contributed by atoms with Crippen LogP contribution in [0.3, 0.4) is 0 Å². The molecular weight excluding hydrogens is 477 g/mol. The van der Waals surface area contributed by atoms with Gasteiger partial charge in [0.15, 0.2) is 0 Å². The zero-order valence-electron chi connectivity index (χ0n) is 20.5. The molecule has 1 saturated heterocycles. The molecule has 1 amide bonds. The predicted molar refractivity (Wildman–Crippen MR) is 128 cm³/mol. The number of halogens is 3. The molecule has 1 aliphatic carbocycles. The number of amides is 1. The molecule has 0 bridgehead atoms. The lowest BCUT2D eigenvalue weighted by molar-refractivity contribution is -0.183. The molecule has 1 unspecified atom stereocenters. The summed E-state index contributed by atoms with van der Waals surface area (Å²) >= 11 is 0. The number of nitrogens with two attached hydrogens (primary N) is 1. The van der Waals surface area contributed by atoms with Crippen molar-refractivity contribution in [1.82, 2.24) is 19.4 Å². The normalized spacial score (nSPS) is 27.9. The van der Waals surface area contributed by atoms with Gasteiger partial charge in [-0.15, -0.1) is 0 Å². The van der Waals surface area contributed by atoms with Gasteiger partial charge in [-0.1, -0.05) is 0 Å². The number of alkyl halides is 3. The van der Waals surface area contributed by atoms with Crippen molar-refractivity contribution in [3.63, 3.8) is 0 Å². The first-order valence-electron chi connectivity index (χ1n) is 12.5. The number of likely N-dealkylation sites (tertiary alicyclic amines) is 1. The van der Waals surface area contributed by atoms with Crippen LogP contribution in [0.25, 0.3) is 11.0 Å². The fourth-order valence-corrected chi connectivity index (χ4v) is 5.59. The van der Waals surface area contributed by atoms with E-state index in [4.69, 9.17) is 5.73 Å². The van der Waals surface area contributed by atoms with Gasteiger partial charge in [-0.2, -0.15) is 13.2 Å². The van der Waals surface area contributed by atoms with Crippen molar-refractivity contribution >= 4 is 22.8 Å². The molecule has 3 heterocycles. The van der Waals surface area contributed by atoms with E-state index in [1.54, 1.807) is 15.7 Å². The summed E-state index contributed by atoms with van der Waals surface area (Å²) < 4.78 is 40.9. The summed E-state index contributed by atoms with van der Waals surface area (Å²) in [5.74, 6) is -0.810. The van der Waals surface area contributed by atoms with Crippen molar-refractivity contribution in [1.29, 1.82) is 0 Å². The first-order chi connectivity index (χ1) is 17.0. The van der Waals surface area contributed by atoms with E-state index in [2.05, 4.69) is 14.9 Å². The van der Waals surface area contributed by atoms with Gasteiger partial charge in [0.25, 0.3) is 0 Å². The van der Waals surface area contributed by atoms with Crippen molar-refractivity contribution in [3.05, 3.63) is 18.6 Å². The molecule has 200 valence electrons. The van der Waals surface area contributed by atoms with Gasteiger partial charge >= 0.3 is 6.18 Å². The number of aromatic nitrogens is 3. The molecule has 2 fully saturated rings. The molecule has 4 rings (SSSR count). The number of primary amides is 1. The van der Waals surface area contributed by atoms with E-state index in [-0.39, 0.29) is 44.8 Å². The molecule has 1 saturated carbocycles. The molecule has 1 aliphatic heterocycles. The average Bonchev–Trinajstić information content (AvgIpc) is 3.22. The Morgan fingerprint density at radius 2 is 2.00 bits per heavy atom. The van der Waals surface area contributed by atoms with Gasteiger partial charge in [-0.3, -0.25) is 9.69 Å². The molecule has 9 nitrogen and oxygen atoms in total. The molecular formula is C24H35F3N6O3. The summed E-state index contributed by atoms with van der Waals surface area (Å²) in [7, 11) is 0. The van der Waals surface area contributed by atoms with Crippen LogP contribution >= 0.6 is 0 Å². The summed E-state index contributed by atoms with van der Waals surface area (Å²) in [6.45, 7) is 3.97. The van der Waals surface area contributed by atoms with Crippen LogP contribution in [-0.4, -0.2) is 86.2 Å². The minimum absolute atomic E-state index is 0.0287. The Kier molecular flexibility index (Phi) is 7.77. The first-order valence-corrected chi connectivity index (χ1v) is 12.5. The van der Waals surface area contributed by atoms with Crippen LogP contribution in [0.1, 0.15) is 39.0 Å². The van der Waals surface area contributed by atoms with Crippen LogP contribution in [0.15, 0.2) is 18.6 Å². The van der Waals surface area contributed by atoms with Crippen molar-refractivity contribution in [2.24, 2.45) is 17.6 Å². The smallest absolute Gasteiger partial charge is 0.389 e. The Labute approximate surface area is 208 Å². The van der Waals surface area contributed by atoms with Crippen LogP contribution in [-0.2, 0) is 11.3 Å². The lowest BCUT2D eigenvalue weighted by Crippen LogP contribution is -2.58. The highest BCUT2D eigenvalue weighted by Crippen LogP contribution is 2.40. The molecule has 36 heavy (non-hydrogen) atoms. The average molecular weight is 513 g/mol. The number of rotatable bonds is 8. The Bertz CT molecular complexity index is 1060. The SMILES string of the molecule is CCN(CC1CCC(C(F)(F)F)CC1)c1ncnc2c1ccn2C[C@@]1(O)CCN(CC(N)=O)CC1O. The Morgan fingerprint density at radius 1 is 1.28 bits per heavy atom. The highest BCUT2D eigenvalue weighted by atomic mass is 19.4. The maximum absolute atomic E-state index is 13.0. The van der Waals surface area contributed by atoms with Crippen molar-refractivity contribution in [2.45, 2.75) is 63.5 Å². The molecule has 0 aromatic carbocycles. The minimum Gasteiger partial charge on any atom is -0.389 e. The maximum Gasteiger partial charge on any atom is 0.391 e. The number of fused-ring (bicyclic) bond motifs is 1. The van der Waals surface area contributed by atoms with Gasteiger partial charge in [0.2, 0.25) is 5.91 Å². The summed E-state index contributed by atoms with van der Waals surface area (Å²) in [6, 6.07) is 1.87. The maximum atomic E-state index is 13.0. The number of aliphatic hydroxyl groups is 2. The van der Waals surface area contributed by atoms with Crippen molar-refractivity contribution in [2.75, 3.05) is 37.6 Å². The molecule has 0 spiro atoms. The molecule has 0 radical (unpaired) electrons. The number of aliphatic hydroxyl groups excluding tert-OH is 1. The Hall–Kier alpha value is -2.44. The number of hydrogen-bond donors (Lipinski definition) is 3. The van der Waals surface area contributed by atoms with Gasteiger partial charge in [0, 0.05) is 32.4 Å². The predicted octanol–water partition coefficient (Wildman–Crippen LogP) is 1.91. The van der Waals surface area contributed by atoms with Gasteiger partial charge in [-0.25, -0.2) is 9.97 Å². The highest BCUT2D eigenvalue weighted by Gasteiger charge is 2.42. The molecule has 12 heteroatoms. The van der Waals surface area contributed by atoms with Crippen LogP contribution in [0.2, 0.25) is 0 Å². The van der Waals surface area contributed by atoms with E-state index in [0.29, 0.717) is 43.9 Å². The number of β-amino-alcohol motifs (C(OH)–C–C–N with tert-alkyl or cyclic N) is 1. The number of carbonyl (C=O) groups is 1. The van der Waals surface area contributed by atoms with E-state index >= 15 is 0 Å². The molecule has 2 atom stereocenters. The molecule has 2 aromatic heterocycles. The number of piperidine rings is 1. The monoisotopic (exact) mass is 512 g/mol. The topological polar surface area (TPSA) is 121 Å². The van der Waals surface area contributed by atoms with Crippen LogP contribution in [0.4, 0.5) is 19.0 Å². The zero-order chi connectivity index (χ0) is 26.1. The standard InChI is InChI=1S/C24H35F3N6O3/c1-2-32(11-16-3-5-17(6-4-16)24(25,26)27)21-18-7-9-33(22(18)30-15-29-21)14-23(36)8-10-31(12-19(23)34)13-20(28)35/h7,9,15-17,19,34,36H,2-6,8,10-14H2,1H3,(H2,28,35)/t16?,17?,19?,23-/m0/s1. The number of carbonyl (C=O) groups excluding carboxylic acids is 1. The lowest BCUT2D eigenvalue weighted by atomic mass is 9.81. The third kappa shape index (κ3) is 5.76. The molecule has 4 N–H and O–H groups in total. The first kappa shape index (κ1) is 26.6. The number of nitrogens with zero attached hydrogens (tertiary/aromatic N) is 5. The summed E-state index contributed by atoms with van der Waals surface area (Å²) in [4.78, 5) is 23.9. The van der Waals surface area contributed by atoms with E-state index in [1.165, 1.54) is 6.33 Å². The van der Waals surface area contributed by atoms with E-state index in [1.807, 2.05) is 13.0 Å². The van der Waals surface area contributed by atoms with Gasteiger partial charge in [0.1, 0.15) is 23.4 Å². The quantitative estimate of drug-likeness (QED) is 0.494. The third-order valence-electron chi connectivity index (χ3n) is 7.74. The van der Waals surface area contributed by atoms with E-state index < -0.39 is 29.7 Å². The second-order valence-corrected chi connectivity index (χ2v) is 10.2. The van der Waals surface area contributed by atoms with E-state index in [0.717, 1.165) is 5.39 Å². The second-order valence-electron chi connectivity index (χ2n) is 10.2. The summed E-state index contributed by atoms with van der Waals surface area (Å²) in [5, 5.41) is 22.6. The third-order valence-corrected chi connectivity index (χ3v) is 7.74. The van der Waals surface area contributed by atoms with Gasteiger partial charge < -0.3 is 25.4 Å². The Morgan fingerprint density at radius 3 is 2.61 bits per heavy atom.